The van der Waals surface area contributed by atoms with Gasteiger partial charge in [-0.25, -0.2) is 0 Å². The Hall–Kier alpha value is -2.53. The lowest BCUT2D eigenvalue weighted by atomic mass is 10.2. The van der Waals surface area contributed by atoms with Crippen molar-refractivity contribution in [1.29, 1.82) is 0 Å². The maximum atomic E-state index is 5.78. The Balaban J connectivity index is 1.57. The Labute approximate surface area is 148 Å². The van der Waals surface area contributed by atoms with Gasteiger partial charge in [0.15, 0.2) is 5.76 Å². The molecule has 132 valence electrons. The third kappa shape index (κ3) is 4.73. The molecular formula is C20H25N3O2. The highest BCUT2D eigenvalue weighted by atomic mass is 16.5. The zero-order valence-corrected chi connectivity index (χ0v) is 15.0. The minimum absolute atomic E-state index is 0.520. The number of furan rings is 1. The first-order valence-electron chi connectivity index (χ1n) is 8.63. The van der Waals surface area contributed by atoms with Crippen molar-refractivity contribution in [2.24, 2.45) is 5.92 Å². The fraction of sp³-hybridized carbons (Fsp3) is 0.350. The summed E-state index contributed by atoms with van der Waals surface area (Å²) in [5.74, 6) is 3.15. The van der Waals surface area contributed by atoms with Crippen molar-refractivity contribution in [3.8, 4) is 17.2 Å². The first-order chi connectivity index (χ1) is 12.1. The molecule has 0 unspecified atom stereocenters. The number of aryl methyl sites for hydroxylation is 1. The van der Waals surface area contributed by atoms with Gasteiger partial charge in [0.25, 0.3) is 0 Å². The summed E-state index contributed by atoms with van der Waals surface area (Å²) < 4.78 is 11.5. The summed E-state index contributed by atoms with van der Waals surface area (Å²) in [6.45, 7) is 8.44. The quantitative estimate of drug-likeness (QED) is 0.642. The molecule has 2 N–H and O–H groups in total. The normalized spacial score (nSPS) is 11.2. The number of nitrogens with zero attached hydrogens (tertiary/aromatic N) is 1. The second-order valence-electron chi connectivity index (χ2n) is 6.64. The van der Waals surface area contributed by atoms with Gasteiger partial charge in [-0.2, -0.15) is 5.10 Å². The highest BCUT2D eigenvalue weighted by Crippen LogP contribution is 2.23. The molecule has 0 radical (unpaired) electrons. The van der Waals surface area contributed by atoms with Crippen LogP contribution in [0.2, 0.25) is 0 Å². The van der Waals surface area contributed by atoms with Gasteiger partial charge in [-0.05, 0) is 42.7 Å². The van der Waals surface area contributed by atoms with E-state index in [1.54, 1.807) is 0 Å². The van der Waals surface area contributed by atoms with Crippen LogP contribution in [0.25, 0.3) is 11.5 Å². The predicted molar refractivity (Wildman–Crippen MR) is 98.3 cm³/mol. The van der Waals surface area contributed by atoms with Gasteiger partial charge in [-0.3, -0.25) is 5.10 Å². The van der Waals surface area contributed by atoms with Crippen LogP contribution in [-0.4, -0.2) is 16.8 Å². The summed E-state index contributed by atoms with van der Waals surface area (Å²) in [4.78, 5) is 0. The van der Waals surface area contributed by atoms with E-state index in [0.717, 1.165) is 41.7 Å². The summed E-state index contributed by atoms with van der Waals surface area (Å²) in [7, 11) is 0. The van der Waals surface area contributed by atoms with Crippen molar-refractivity contribution in [3.63, 3.8) is 0 Å². The van der Waals surface area contributed by atoms with E-state index in [-0.39, 0.29) is 0 Å². The van der Waals surface area contributed by atoms with Gasteiger partial charge in [0.2, 0.25) is 0 Å². The van der Waals surface area contributed by atoms with Crippen molar-refractivity contribution < 1.29 is 9.15 Å². The van der Waals surface area contributed by atoms with E-state index >= 15 is 0 Å². The highest BCUT2D eigenvalue weighted by Gasteiger charge is 2.10. The average Bonchev–Trinajstić information content (AvgIpc) is 3.22. The average molecular weight is 339 g/mol. The Morgan fingerprint density at radius 1 is 1.20 bits per heavy atom. The largest absolute Gasteiger partial charge is 0.493 e. The summed E-state index contributed by atoms with van der Waals surface area (Å²) in [6.07, 6.45) is 1.84. The number of ether oxygens (including phenoxy) is 1. The number of aromatic nitrogens is 2. The lowest BCUT2D eigenvalue weighted by molar-refractivity contribution is 0.271. The molecule has 2 aromatic heterocycles. The number of nitrogens with one attached hydrogen (secondary N) is 2. The fourth-order valence-electron chi connectivity index (χ4n) is 2.58. The van der Waals surface area contributed by atoms with Gasteiger partial charge in [-0.1, -0.05) is 26.0 Å². The molecule has 3 aromatic rings. The van der Waals surface area contributed by atoms with E-state index in [2.05, 4.69) is 41.5 Å². The van der Waals surface area contributed by atoms with E-state index in [1.165, 1.54) is 5.56 Å². The molecule has 0 spiro atoms. The van der Waals surface area contributed by atoms with Crippen LogP contribution in [0, 0.1) is 12.8 Å². The van der Waals surface area contributed by atoms with Crippen LogP contribution in [0.15, 0.2) is 47.0 Å². The van der Waals surface area contributed by atoms with Crippen LogP contribution >= 0.6 is 0 Å². The van der Waals surface area contributed by atoms with E-state index in [0.29, 0.717) is 12.5 Å². The maximum Gasteiger partial charge on any atom is 0.152 e. The molecule has 0 saturated heterocycles. The molecule has 0 aliphatic carbocycles. The standard InChI is InChI=1S/C20H25N3O2/c1-14(2)13-24-18-6-4-5-16(9-18)10-21-11-17-12-22-23-20(17)19-8-7-15(3)25-19/h4-9,12,14,21H,10-11,13H2,1-3H3,(H,22,23). The molecular weight excluding hydrogens is 314 g/mol. The summed E-state index contributed by atoms with van der Waals surface area (Å²) in [5, 5.41) is 10.6. The number of hydrogen-bond donors (Lipinski definition) is 2. The molecule has 0 saturated carbocycles. The lowest BCUT2D eigenvalue weighted by Gasteiger charge is -2.10. The van der Waals surface area contributed by atoms with Crippen molar-refractivity contribution in [2.75, 3.05) is 6.61 Å². The van der Waals surface area contributed by atoms with Gasteiger partial charge in [0.05, 0.1) is 12.8 Å². The molecule has 5 heteroatoms. The Bertz CT molecular complexity index is 805. The van der Waals surface area contributed by atoms with Crippen molar-refractivity contribution >= 4 is 0 Å². The van der Waals surface area contributed by atoms with Crippen LogP contribution in [0.4, 0.5) is 0 Å². The molecule has 5 nitrogen and oxygen atoms in total. The van der Waals surface area contributed by atoms with Crippen LogP contribution in [0.5, 0.6) is 5.75 Å². The minimum atomic E-state index is 0.520. The lowest BCUT2D eigenvalue weighted by Crippen LogP contribution is -2.13. The zero-order chi connectivity index (χ0) is 17.6. The Kier molecular flexibility index (Phi) is 5.56. The molecule has 0 aliphatic rings. The number of rotatable bonds is 8. The van der Waals surface area contributed by atoms with Crippen molar-refractivity contribution in [2.45, 2.75) is 33.9 Å². The number of aromatic amines is 1. The molecule has 0 bridgehead atoms. The van der Waals surface area contributed by atoms with Gasteiger partial charge < -0.3 is 14.5 Å². The van der Waals surface area contributed by atoms with E-state index in [1.807, 2.05) is 37.4 Å². The van der Waals surface area contributed by atoms with Crippen LogP contribution in [0.3, 0.4) is 0 Å². The topological polar surface area (TPSA) is 63.1 Å². The Morgan fingerprint density at radius 3 is 2.84 bits per heavy atom. The minimum Gasteiger partial charge on any atom is -0.493 e. The van der Waals surface area contributed by atoms with Gasteiger partial charge in [0.1, 0.15) is 17.2 Å². The number of H-pyrrole nitrogens is 1. The van der Waals surface area contributed by atoms with Crippen LogP contribution in [0.1, 0.15) is 30.7 Å². The first kappa shape index (κ1) is 17.3. The second kappa shape index (κ2) is 8.03. The van der Waals surface area contributed by atoms with Crippen molar-refractivity contribution in [3.05, 3.63) is 59.5 Å². The number of benzene rings is 1. The summed E-state index contributed by atoms with van der Waals surface area (Å²) in [5.41, 5.74) is 3.20. The highest BCUT2D eigenvalue weighted by molar-refractivity contribution is 5.56. The molecule has 0 amide bonds. The Morgan fingerprint density at radius 2 is 2.08 bits per heavy atom. The molecule has 0 atom stereocenters. The second-order valence-corrected chi connectivity index (χ2v) is 6.64. The predicted octanol–water partition coefficient (Wildman–Crippen LogP) is 4.30. The third-order valence-corrected chi connectivity index (χ3v) is 3.83. The van der Waals surface area contributed by atoms with Crippen LogP contribution < -0.4 is 10.1 Å². The fourth-order valence-corrected chi connectivity index (χ4v) is 2.58. The molecule has 2 heterocycles. The van der Waals surface area contributed by atoms with Crippen LogP contribution in [-0.2, 0) is 13.1 Å². The molecule has 25 heavy (non-hydrogen) atoms. The monoisotopic (exact) mass is 339 g/mol. The smallest absolute Gasteiger partial charge is 0.152 e. The van der Waals surface area contributed by atoms with E-state index in [4.69, 9.17) is 9.15 Å². The third-order valence-electron chi connectivity index (χ3n) is 3.83. The first-order valence-corrected chi connectivity index (χ1v) is 8.63. The zero-order valence-electron chi connectivity index (χ0n) is 15.0. The summed E-state index contributed by atoms with van der Waals surface area (Å²) >= 11 is 0. The number of hydrogen-bond acceptors (Lipinski definition) is 4. The van der Waals surface area contributed by atoms with Crippen molar-refractivity contribution in [1.82, 2.24) is 15.5 Å². The SMILES string of the molecule is Cc1ccc(-c2[nH]ncc2CNCc2cccc(OCC(C)C)c2)o1. The van der Waals surface area contributed by atoms with E-state index < -0.39 is 0 Å². The summed E-state index contributed by atoms with van der Waals surface area (Å²) in [6, 6.07) is 12.1. The van der Waals surface area contributed by atoms with Gasteiger partial charge in [-0.15, -0.1) is 0 Å². The molecule has 0 aliphatic heterocycles. The molecule has 3 rings (SSSR count). The molecule has 0 fully saturated rings. The van der Waals surface area contributed by atoms with Gasteiger partial charge in [0, 0.05) is 18.7 Å². The maximum absolute atomic E-state index is 5.78. The van der Waals surface area contributed by atoms with E-state index in [9.17, 15) is 0 Å². The van der Waals surface area contributed by atoms with Gasteiger partial charge >= 0.3 is 0 Å². The molecule has 1 aromatic carbocycles.